The first-order chi connectivity index (χ1) is 8.54. The first-order valence-corrected chi connectivity index (χ1v) is 5.55. The summed E-state index contributed by atoms with van der Waals surface area (Å²) in [4.78, 5) is 11.6. The second kappa shape index (κ2) is 4.52. The molecule has 0 amide bonds. The van der Waals surface area contributed by atoms with Gasteiger partial charge in [0.2, 0.25) is 0 Å². The minimum Gasteiger partial charge on any atom is -0.465 e. The number of rotatable bonds is 2. The summed E-state index contributed by atoms with van der Waals surface area (Å²) < 4.78 is 6.41. The van der Waals surface area contributed by atoms with Crippen LogP contribution >= 0.6 is 0 Å². The molecule has 2 rings (SSSR count). The van der Waals surface area contributed by atoms with Crippen molar-refractivity contribution in [3.63, 3.8) is 0 Å². The molecule has 0 aliphatic carbocycles. The Morgan fingerprint density at radius 2 is 2.11 bits per heavy atom. The van der Waals surface area contributed by atoms with Gasteiger partial charge in [0, 0.05) is 5.69 Å². The van der Waals surface area contributed by atoms with E-state index in [9.17, 15) is 4.79 Å². The van der Waals surface area contributed by atoms with Crippen LogP contribution in [-0.4, -0.2) is 22.9 Å². The number of carbonyl (C=O) groups excluding carboxylic acids is 1. The second-order valence-corrected chi connectivity index (χ2v) is 4.07. The Morgan fingerprint density at radius 3 is 2.67 bits per heavy atom. The van der Waals surface area contributed by atoms with Crippen LogP contribution in [0.5, 0.6) is 0 Å². The average molecular weight is 245 g/mol. The largest absolute Gasteiger partial charge is 0.465 e. The van der Waals surface area contributed by atoms with Crippen molar-refractivity contribution in [2.24, 2.45) is 0 Å². The van der Waals surface area contributed by atoms with E-state index in [1.54, 1.807) is 16.8 Å². The first kappa shape index (κ1) is 12.2. The molecule has 0 bridgehead atoms. The van der Waals surface area contributed by atoms with Crippen LogP contribution in [0.15, 0.2) is 24.3 Å². The molecule has 0 saturated carbocycles. The van der Waals surface area contributed by atoms with Gasteiger partial charge >= 0.3 is 5.97 Å². The molecule has 0 unspecified atom stereocenters. The van der Waals surface area contributed by atoms with E-state index < -0.39 is 5.97 Å². The zero-order chi connectivity index (χ0) is 13.3. The summed E-state index contributed by atoms with van der Waals surface area (Å²) >= 11 is 0. The van der Waals surface area contributed by atoms with Crippen LogP contribution in [0.2, 0.25) is 0 Å². The van der Waals surface area contributed by atoms with Gasteiger partial charge in [-0.25, -0.2) is 9.48 Å². The molecular formula is C13H15N3O2. The molecule has 5 nitrogen and oxygen atoms in total. The van der Waals surface area contributed by atoms with Gasteiger partial charge in [0.15, 0.2) is 0 Å². The van der Waals surface area contributed by atoms with Gasteiger partial charge < -0.3 is 10.5 Å². The Morgan fingerprint density at radius 1 is 1.39 bits per heavy atom. The maximum atomic E-state index is 11.6. The summed E-state index contributed by atoms with van der Waals surface area (Å²) in [6.07, 6.45) is 0. The van der Waals surface area contributed by atoms with Crippen molar-refractivity contribution < 1.29 is 9.53 Å². The maximum Gasteiger partial charge on any atom is 0.340 e. The van der Waals surface area contributed by atoms with Crippen molar-refractivity contribution in [2.75, 3.05) is 12.8 Å². The number of carbonyl (C=O) groups is 1. The van der Waals surface area contributed by atoms with Crippen LogP contribution in [0.25, 0.3) is 5.69 Å². The van der Waals surface area contributed by atoms with Crippen molar-refractivity contribution >= 4 is 11.7 Å². The number of ether oxygens (including phenoxy) is 1. The number of esters is 1. The average Bonchev–Trinajstić information content (AvgIpc) is 2.68. The first-order valence-electron chi connectivity index (χ1n) is 5.55. The number of aromatic nitrogens is 2. The minimum atomic E-state index is -0.448. The smallest absolute Gasteiger partial charge is 0.340 e. The fraction of sp³-hybridized carbons (Fsp3) is 0.231. The van der Waals surface area contributed by atoms with Crippen molar-refractivity contribution in [1.29, 1.82) is 0 Å². The number of hydrogen-bond donors (Lipinski definition) is 1. The fourth-order valence-electron chi connectivity index (χ4n) is 1.90. The zero-order valence-corrected chi connectivity index (χ0v) is 10.6. The molecule has 5 heteroatoms. The van der Waals surface area contributed by atoms with E-state index in [1.807, 2.05) is 26.0 Å². The van der Waals surface area contributed by atoms with Crippen molar-refractivity contribution in [3.05, 3.63) is 41.2 Å². The number of aryl methyl sites for hydroxylation is 2. The van der Waals surface area contributed by atoms with Crippen LogP contribution in [0.1, 0.15) is 21.7 Å². The van der Waals surface area contributed by atoms with Gasteiger partial charge in [-0.15, -0.1) is 0 Å². The van der Waals surface area contributed by atoms with Gasteiger partial charge in [-0.3, -0.25) is 0 Å². The number of nitrogen functional groups attached to an aromatic ring is 1. The molecule has 2 aromatic rings. The second-order valence-electron chi connectivity index (χ2n) is 4.07. The Kier molecular flexibility index (Phi) is 3.06. The predicted octanol–water partition coefficient (Wildman–Crippen LogP) is 1.86. The number of benzene rings is 1. The highest BCUT2D eigenvalue weighted by atomic mass is 16.5. The number of para-hydroxylation sites is 1. The fourth-order valence-corrected chi connectivity index (χ4v) is 1.90. The summed E-state index contributed by atoms with van der Waals surface area (Å²) in [6, 6.07) is 7.16. The van der Waals surface area contributed by atoms with Crippen molar-refractivity contribution in [1.82, 2.24) is 9.78 Å². The zero-order valence-electron chi connectivity index (χ0n) is 10.6. The summed E-state index contributed by atoms with van der Waals surface area (Å²) in [7, 11) is 1.33. The van der Waals surface area contributed by atoms with E-state index in [1.165, 1.54) is 7.11 Å². The Balaban J connectivity index is 2.59. The molecule has 2 N–H and O–H groups in total. The number of nitrogens with two attached hydrogens (primary N) is 1. The third-order valence-corrected chi connectivity index (χ3v) is 2.73. The van der Waals surface area contributed by atoms with E-state index in [0.717, 1.165) is 11.4 Å². The Hall–Kier alpha value is -2.30. The minimum absolute atomic E-state index is 0.350. The van der Waals surface area contributed by atoms with Gasteiger partial charge in [-0.05, 0) is 32.0 Å². The number of anilines is 1. The number of methoxy groups -OCH3 is 1. The van der Waals surface area contributed by atoms with E-state index >= 15 is 0 Å². The van der Waals surface area contributed by atoms with Crippen LogP contribution in [0.3, 0.4) is 0 Å². The number of nitrogens with zero attached hydrogens (tertiary/aromatic N) is 2. The lowest BCUT2D eigenvalue weighted by atomic mass is 10.1. The lowest BCUT2D eigenvalue weighted by Gasteiger charge is -2.11. The molecule has 94 valence electrons. The third-order valence-electron chi connectivity index (χ3n) is 2.73. The van der Waals surface area contributed by atoms with Gasteiger partial charge in [-0.1, -0.05) is 6.07 Å². The number of hydrogen-bond acceptors (Lipinski definition) is 4. The molecule has 0 fully saturated rings. The van der Waals surface area contributed by atoms with Gasteiger partial charge in [-0.2, -0.15) is 5.10 Å². The third kappa shape index (κ3) is 1.95. The van der Waals surface area contributed by atoms with E-state index in [-0.39, 0.29) is 0 Å². The Bertz CT molecular complexity index is 602. The topological polar surface area (TPSA) is 70.1 Å². The standard InChI is InChI=1S/C13H15N3O2/c1-8-7-9(2)16(15-8)11-6-4-5-10(12(11)14)13(17)18-3/h4-7H,14H2,1-3H3. The normalized spacial score (nSPS) is 10.4. The monoisotopic (exact) mass is 245 g/mol. The summed E-state index contributed by atoms with van der Waals surface area (Å²) in [5.41, 5.74) is 9.27. The highest BCUT2D eigenvalue weighted by molar-refractivity contribution is 5.97. The van der Waals surface area contributed by atoms with E-state index in [0.29, 0.717) is 16.9 Å². The van der Waals surface area contributed by atoms with Crippen LogP contribution in [0, 0.1) is 13.8 Å². The predicted molar refractivity (Wildman–Crippen MR) is 68.8 cm³/mol. The molecule has 1 aromatic carbocycles. The van der Waals surface area contributed by atoms with Crippen molar-refractivity contribution in [3.8, 4) is 5.69 Å². The quantitative estimate of drug-likeness (QED) is 0.647. The molecule has 1 heterocycles. The van der Waals surface area contributed by atoms with E-state index in [2.05, 4.69) is 5.10 Å². The van der Waals surface area contributed by atoms with Crippen molar-refractivity contribution in [2.45, 2.75) is 13.8 Å². The highest BCUT2D eigenvalue weighted by Crippen LogP contribution is 2.23. The van der Waals surface area contributed by atoms with Crippen LogP contribution in [0.4, 0.5) is 5.69 Å². The molecule has 1 aromatic heterocycles. The summed E-state index contributed by atoms with van der Waals surface area (Å²) in [5, 5.41) is 4.35. The lowest BCUT2D eigenvalue weighted by molar-refractivity contribution is 0.0602. The Labute approximate surface area is 105 Å². The maximum absolute atomic E-state index is 11.6. The summed E-state index contributed by atoms with van der Waals surface area (Å²) in [5.74, 6) is -0.448. The van der Waals surface area contributed by atoms with Crippen LogP contribution in [-0.2, 0) is 4.74 Å². The molecule has 18 heavy (non-hydrogen) atoms. The van der Waals surface area contributed by atoms with Gasteiger partial charge in [0.1, 0.15) is 0 Å². The molecule has 0 spiro atoms. The van der Waals surface area contributed by atoms with Crippen LogP contribution < -0.4 is 5.73 Å². The molecule has 0 aliphatic rings. The van der Waals surface area contributed by atoms with E-state index in [4.69, 9.17) is 10.5 Å². The molecule has 0 saturated heterocycles. The van der Waals surface area contributed by atoms with Gasteiger partial charge in [0.25, 0.3) is 0 Å². The lowest BCUT2D eigenvalue weighted by Crippen LogP contribution is -2.10. The highest BCUT2D eigenvalue weighted by Gasteiger charge is 2.15. The molecular weight excluding hydrogens is 230 g/mol. The SMILES string of the molecule is COC(=O)c1cccc(-n2nc(C)cc2C)c1N. The molecule has 0 atom stereocenters. The molecule has 0 aliphatic heterocycles. The van der Waals surface area contributed by atoms with Gasteiger partial charge in [0.05, 0.1) is 29.7 Å². The summed E-state index contributed by atoms with van der Waals surface area (Å²) in [6.45, 7) is 3.84. The molecule has 0 radical (unpaired) electrons.